The van der Waals surface area contributed by atoms with E-state index in [1.807, 2.05) is 18.2 Å². The van der Waals surface area contributed by atoms with Crippen molar-refractivity contribution in [3.63, 3.8) is 0 Å². The SMILES string of the molecule is O=C(NCC1(c2ccccc2)CCCC1)c1ccc2c(c1)C(=O)N(CC1CCCO1)C2=O. The number of imide groups is 1. The smallest absolute Gasteiger partial charge is 0.261 e. The van der Waals surface area contributed by atoms with Crippen molar-refractivity contribution >= 4 is 17.7 Å². The molecule has 2 aromatic carbocycles. The number of carbonyl (C=O) groups excluding carboxylic acids is 3. The summed E-state index contributed by atoms with van der Waals surface area (Å²) in [6.45, 7) is 1.50. The molecule has 3 amide bonds. The second kappa shape index (κ2) is 8.51. The average Bonchev–Trinajstić information content (AvgIpc) is 3.57. The van der Waals surface area contributed by atoms with Crippen LogP contribution in [-0.2, 0) is 10.2 Å². The third kappa shape index (κ3) is 3.73. The molecular formula is C26H28N2O4. The van der Waals surface area contributed by atoms with Gasteiger partial charge in [0.1, 0.15) is 0 Å². The molecule has 6 nitrogen and oxygen atoms in total. The van der Waals surface area contributed by atoms with E-state index in [2.05, 4.69) is 17.4 Å². The third-order valence-electron chi connectivity index (χ3n) is 7.18. The van der Waals surface area contributed by atoms with E-state index in [-0.39, 0.29) is 35.8 Å². The molecule has 2 aromatic rings. The summed E-state index contributed by atoms with van der Waals surface area (Å²) in [7, 11) is 0. The first kappa shape index (κ1) is 20.9. The number of hydrogen-bond donors (Lipinski definition) is 1. The summed E-state index contributed by atoms with van der Waals surface area (Å²) in [6.07, 6.45) is 6.11. The largest absolute Gasteiger partial charge is 0.376 e. The van der Waals surface area contributed by atoms with Gasteiger partial charge >= 0.3 is 0 Å². The molecule has 1 saturated carbocycles. The molecule has 1 N–H and O–H groups in total. The van der Waals surface area contributed by atoms with Gasteiger partial charge in [0.25, 0.3) is 17.7 Å². The molecule has 3 aliphatic rings. The van der Waals surface area contributed by atoms with Crippen LogP contribution in [0.15, 0.2) is 48.5 Å². The van der Waals surface area contributed by atoms with Crippen LogP contribution >= 0.6 is 0 Å². The van der Waals surface area contributed by atoms with Crippen molar-refractivity contribution in [2.24, 2.45) is 0 Å². The highest BCUT2D eigenvalue weighted by Crippen LogP contribution is 2.40. The first-order chi connectivity index (χ1) is 15.6. The van der Waals surface area contributed by atoms with Gasteiger partial charge in [-0.1, -0.05) is 43.2 Å². The van der Waals surface area contributed by atoms with Crippen LogP contribution in [-0.4, -0.2) is 48.4 Å². The number of fused-ring (bicyclic) bond motifs is 1. The Kier molecular flexibility index (Phi) is 5.55. The lowest BCUT2D eigenvalue weighted by molar-refractivity contribution is 0.0475. The molecule has 5 rings (SSSR count). The Hall–Kier alpha value is -2.99. The van der Waals surface area contributed by atoms with Gasteiger partial charge in [-0.2, -0.15) is 0 Å². The molecule has 1 unspecified atom stereocenters. The summed E-state index contributed by atoms with van der Waals surface area (Å²) in [5.41, 5.74) is 2.29. The predicted octanol–water partition coefficient (Wildman–Crippen LogP) is 3.70. The van der Waals surface area contributed by atoms with Crippen LogP contribution in [0.5, 0.6) is 0 Å². The summed E-state index contributed by atoms with van der Waals surface area (Å²) in [6, 6.07) is 15.2. The van der Waals surface area contributed by atoms with Crippen LogP contribution in [0.2, 0.25) is 0 Å². The first-order valence-electron chi connectivity index (χ1n) is 11.5. The number of benzene rings is 2. The molecule has 166 valence electrons. The topological polar surface area (TPSA) is 75.7 Å². The Bertz CT molecular complexity index is 1040. The lowest BCUT2D eigenvalue weighted by Crippen LogP contribution is -2.39. The summed E-state index contributed by atoms with van der Waals surface area (Å²) in [5, 5.41) is 3.10. The van der Waals surface area contributed by atoms with E-state index in [9.17, 15) is 14.4 Å². The van der Waals surface area contributed by atoms with E-state index in [4.69, 9.17) is 4.74 Å². The zero-order valence-electron chi connectivity index (χ0n) is 18.1. The Morgan fingerprint density at radius 2 is 1.75 bits per heavy atom. The van der Waals surface area contributed by atoms with Crippen molar-refractivity contribution in [2.45, 2.75) is 50.0 Å². The van der Waals surface area contributed by atoms with E-state index in [1.54, 1.807) is 18.2 Å². The maximum absolute atomic E-state index is 13.0. The highest BCUT2D eigenvalue weighted by atomic mass is 16.5. The Morgan fingerprint density at radius 1 is 1.00 bits per heavy atom. The van der Waals surface area contributed by atoms with Gasteiger partial charge in [0.15, 0.2) is 0 Å². The third-order valence-corrected chi connectivity index (χ3v) is 7.18. The molecule has 2 aliphatic heterocycles. The number of carbonyl (C=O) groups is 3. The van der Waals surface area contributed by atoms with Crippen LogP contribution in [0.25, 0.3) is 0 Å². The lowest BCUT2D eigenvalue weighted by Gasteiger charge is -2.30. The molecule has 6 heteroatoms. The maximum atomic E-state index is 13.0. The van der Waals surface area contributed by atoms with E-state index in [0.29, 0.717) is 29.8 Å². The molecule has 2 heterocycles. The van der Waals surface area contributed by atoms with E-state index in [1.165, 1.54) is 10.5 Å². The normalized spacial score (nSPS) is 21.8. The average molecular weight is 433 g/mol. The van der Waals surface area contributed by atoms with Crippen molar-refractivity contribution in [1.29, 1.82) is 0 Å². The van der Waals surface area contributed by atoms with Crippen molar-refractivity contribution in [3.8, 4) is 0 Å². The van der Waals surface area contributed by atoms with Gasteiger partial charge in [-0.05, 0) is 49.4 Å². The van der Waals surface area contributed by atoms with E-state index >= 15 is 0 Å². The zero-order chi connectivity index (χ0) is 22.1. The highest BCUT2D eigenvalue weighted by molar-refractivity contribution is 6.22. The van der Waals surface area contributed by atoms with Crippen molar-refractivity contribution < 1.29 is 19.1 Å². The summed E-state index contributed by atoms with van der Waals surface area (Å²) in [5.74, 6) is -0.860. The zero-order valence-corrected chi connectivity index (χ0v) is 18.1. The van der Waals surface area contributed by atoms with Crippen molar-refractivity contribution in [3.05, 3.63) is 70.8 Å². The quantitative estimate of drug-likeness (QED) is 0.706. The van der Waals surface area contributed by atoms with Gasteiger partial charge in [-0.15, -0.1) is 0 Å². The molecular weight excluding hydrogens is 404 g/mol. The second-order valence-corrected chi connectivity index (χ2v) is 9.15. The molecule has 0 bridgehead atoms. The van der Waals surface area contributed by atoms with Crippen LogP contribution in [0.4, 0.5) is 0 Å². The number of nitrogens with zero attached hydrogens (tertiary/aromatic N) is 1. The van der Waals surface area contributed by atoms with Crippen LogP contribution in [0.3, 0.4) is 0 Å². The minimum absolute atomic E-state index is 0.0441. The fourth-order valence-corrected chi connectivity index (χ4v) is 5.35. The minimum atomic E-state index is -0.341. The van der Waals surface area contributed by atoms with Crippen LogP contribution in [0.1, 0.15) is 75.2 Å². The standard InChI is InChI=1S/C26H28N2O4/c29-23(27-17-26(12-4-5-13-26)19-7-2-1-3-8-19)18-10-11-21-22(15-18)25(31)28(24(21)30)16-20-9-6-14-32-20/h1-3,7-8,10-11,15,20H,4-6,9,12-14,16-17H2,(H,27,29). The van der Waals surface area contributed by atoms with Gasteiger partial charge in [0, 0.05) is 24.1 Å². The molecule has 1 saturated heterocycles. The Morgan fingerprint density at radius 3 is 2.47 bits per heavy atom. The van der Waals surface area contributed by atoms with Gasteiger partial charge in [-0.25, -0.2) is 0 Å². The second-order valence-electron chi connectivity index (χ2n) is 9.15. The number of ether oxygens (including phenoxy) is 1. The Labute approximate surface area is 187 Å². The number of nitrogens with one attached hydrogen (secondary N) is 1. The van der Waals surface area contributed by atoms with Crippen LogP contribution < -0.4 is 5.32 Å². The number of hydrogen-bond acceptors (Lipinski definition) is 4. The van der Waals surface area contributed by atoms with Gasteiger partial charge < -0.3 is 10.1 Å². The highest BCUT2D eigenvalue weighted by Gasteiger charge is 2.39. The molecule has 1 aliphatic carbocycles. The van der Waals surface area contributed by atoms with Crippen LogP contribution in [0, 0.1) is 0 Å². The number of rotatable bonds is 6. The van der Waals surface area contributed by atoms with Gasteiger partial charge in [-0.3, -0.25) is 19.3 Å². The van der Waals surface area contributed by atoms with E-state index < -0.39 is 0 Å². The fourth-order valence-electron chi connectivity index (χ4n) is 5.35. The molecule has 32 heavy (non-hydrogen) atoms. The monoisotopic (exact) mass is 432 g/mol. The molecule has 0 aromatic heterocycles. The summed E-state index contributed by atoms with van der Waals surface area (Å²) in [4.78, 5) is 39.9. The van der Waals surface area contributed by atoms with Gasteiger partial charge in [0.05, 0.1) is 23.8 Å². The summed E-state index contributed by atoms with van der Waals surface area (Å²) < 4.78 is 5.59. The van der Waals surface area contributed by atoms with Crippen molar-refractivity contribution in [2.75, 3.05) is 19.7 Å². The molecule has 0 spiro atoms. The molecule has 1 atom stereocenters. The summed E-state index contributed by atoms with van der Waals surface area (Å²) >= 11 is 0. The predicted molar refractivity (Wildman–Crippen MR) is 120 cm³/mol. The van der Waals surface area contributed by atoms with E-state index in [0.717, 1.165) is 38.5 Å². The van der Waals surface area contributed by atoms with Crippen molar-refractivity contribution in [1.82, 2.24) is 10.2 Å². The molecule has 0 radical (unpaired) electrons. The Balaban J connectivity index is 1.30. The maximum Gasteiger partial charge on any atom is 0.261 e. The fraction of sp³-hybridized carbons (Fsp3) is 0.423. The van der Waals surface area contributed by atoms with Gasteiger partial charge in [0.2, 0.25) is 0 Å². The lowest BCUT2D eigenvalue weighted by atomic mass is 9.79. The minimum Gasteiger partial charge on any atom is -0.376 e. The first-order valence-corrected chi connectivity index (χ1v) is 11.5. The number of amides is 3. The molecule has 2 fully saturated rings.